The average molecular weight is 633 g/mol. The van der Waals surface area contributed by atoms with E-state index in [2.05, 4.69) is 174 Å². The predicted octanol–water partition coefficient (Wildman–Crippen LogP) is 12.6. The summed E-state index contributed by atoms with van der Waals surface area (Å²) in [5.41, 5.74) is 18.7. The van der Waals surface area contributed by atoms with Crippen LogP contribution in [0.1, 0.15) is 126 Å². The summed E-state index contributed by atoms with van der Waals surface area (Å²) in [6.45, 7) is 28.3. The van der Waals surface area contributed by atoms with E-state index in [9.17, 15) is 0 Å². The van der Waals surface area contributed by atoms with Crippen LogP contribution in [-0.4, -0.2) is 0 Å². The Morgan fingerprint density at radius 1 is 0.604 bits per heavy atom. The molecule has 4 aromatic rings. The maximum Gasteiger partial charge on any atom is 0.0317 e. The Kier molecular flexibility index (Phi) is 7.32. The summed E-state index contributed by atoms with van der Waals surface area (Å²) >= 11 is 0. The molecule has 0 N–H and O–H groups in total. The fourth-order valence-electron chi connectivity index (χ4n) is 9.03. The molecule has 0 saturated heterocycles. The van der Waals surface area contributed by atoms with Gasteiger partial charge in [-0.25, -0.2) is 0 Å². The third-order valence-electron chi connectivity index (χ3n) is 12.1. The van der Waals surface area contributed by atoms with E-state index in [4.69, 9.17) is 0 Å². The van der Waals surface area contributed by atoms with E-state index in [1.807, 2.05) is 0 Å². The van der Waals surface area contributed by atoms with Gasteiger partial charge in [0.15, 0.2) is 0 Å². The van der Waals surface area contributed by atoms with Gasteiger partial charge < -0.3 is 0 Å². The molecule has 0 spiro atoms. The molecule has 1 saturated carbocycles. The van der Waals surface area contributed by atoms with Gasteiger partial charge in [-0.1, -0.05) is 177 Å². The molecule has 3 aliphatic carbocycles. The van der Waals surface area contributed by atoms with Crippen molar-refractivity contribution in [2.75, 3.05) is 0 Å². The minimum Gasteiger partial charge on any atom is -0.0723 e. The van der Waals surface area contributed by atoms with Crippen molar-refractivity contribution in [3.63, 3.8) is 0 Å². The lowest BCUT2D eigenvalue weighted by molar-refractivity contribution is 0.419. The smallest absolute Gasteiger partial charge is 0.0317 e. The van der Waals surface area contributed by atoms with Gasteiger partial charge in [0.2, 0.25) is 0 Å². The van der Waals surface area contributed by atoms with Crippen LogP contribution < -0.4 is 0 Å². The van der Waals surface area contributed by atoms with E-state index in [1.165, 1.54) is 61.2 Å². The molecular formula is C48H56. The topological polar surface area (TPSA) is 0 Å². The summed E-state index contributed by atoms with van der Waals surface area (Å²) in [6, 6.07) is 31.6. The average Bonchev–Trinajstić information content (AvgIpc) is 3.68. The van der Waals surface area contributed by atoms with Crippen LogP contribution in [0.15, 0.2) is 102 Å². The lowest BCUT2D eigenvalue weighted by atomic mass is 9.63. The van der Waals surface area contributed by atoms with Crippen molar-refractivity contribution in [3.8, 4) is 11.1 Å². The van der Waals surface area contributed by atoms with E-state index in [-0.39, 0.29) is 33.0 Å². The Morgan fingerprint density at radius 3 is 1.73 bits per heavy atom. The number of hydrogen-bond donors (Lipinski definition) is 0. The van der Waals surface area contributed by atoms with Gasteiger partial charge in [-0.05, 0) is 98.6 Å². The molecule has 7 rings (SSSR count). The molecule has 3 unspecified atom stereocenters. The lowest BCUT2D eigenvalue weighted by Gasteiger charge is -2.39. The zero-order valence-electron chi connectivity index (χ0n) is 31.7. The van der Waals surface area contributed by atoms with Crippen molar-refractivity contribution in [1.82, 2.24) is 0 Å². The summed E-state index contributed by atoms with van der Waals surface area (Å²) < 4.78 is 0. The molecule has 248 valence electrons. The maximum absolute atomic E-state index is 2.69. The van der Waals surface area contributed by atoms with Crippen molar-refractivity contribution in [2.24, 2.45) is 11.3 Å². The maximum atomic E-state index is 2.69. The summed E-state index contributed by atoms with van der Waals surface area (Å²) in [5.74, 6) is 0.272. The van der Waals surface area contributed by atoms with E-state index in [1.54, 1.807) is 11.1 Å². The summed E-state index contributed by atoms with van der Waals surface area (Å²) in [7, 11) is 0. The molecule has 0 aliphatic heterocycles. The van der Waals surface area contributed by atoms with Crippen molar-refractivity contribution in [3.05, 3.63) is 152 Å². The Hall–Kier alpha value is -3.64. The van der Waals surface area contributed by atoms with Crippen molar-refractivity contribution in [1.29, 1.82) is 0 Å². The van der Waals surface area contributed by atoms with Crippen LogP contribution in [0, 0.1) is 25.2 Å². The molecule has 48 heavy (non-hydrogen) atoms. The van der Waals surface area contributed by atoms with Crippen LogP contribution in [0.3, 0.4) is 0 Å². The number of aryl methyl sites for hydroxylation is 2. The highest BCUT2D eigenvalue weighted by Crippen LogP contribution is 2.66. The van der Waals surface area contributed by atoms with Crippen LogP contribution >= 0.6 is 0 Å². The molecule has 4 aromatic carbocycles. The number of hydrogen-bond acceptors (Lipinski definition) is 0. The summed E-state index contributed by atoms with van der Waals surface area (Å²) in [4.78, 5) is 0. The monoisotopic (exact) mass is 632 g/mol. The first-order chi connectivity index (χ1) is 22.3. The molecule has 0 aromatic heterocycles. The second kappa shape index (κ2) is 10.7. The van der Waals surface area contributed by atoms with Gasteiger partial charge in [-0.2, -0.15) is 0 Å². The van der Waals surface area contributed by atoms with E-state index >= 15 is 0 Å². The molecule has 0 heteroatoms. The van der Waals surface area contributed by atoms with Gasteiger partial charge >= 0.3 is 0 Å². The molecular weight excluding hydrogens is 577 g/mol. The summed E-state index contributed by atoms with van der Waals surface area (Å²) in [5, 5.41) is 0. The number of benzene rings is 4. The minimum absolute atomic E-state index is 0.0161. The molecule has 0 nitrogen and oxygen atoms in total. The quantitative estimate of drug-likeness (QED) is 0.186. The Balaban J connectivity index is 1.59. The minimum atomic E-state index is -0.216. The highest BCUT2D eigenvalue weighted by Gasteiger charge is 2.59. The first-order valence-electron chi connectivity index (χ1n) is 18.2. The Labute approximate surface area is 291 Å². The van der Waals surface area contributed by atoms with Gasteiger partial charge in [0, 0.05) is 16.7 Å². The first kappa shape index (κ1) is 32.9. The molecule has 3 atom stereocenters. The molecule has 3 aliphatic rings. The van der Waals surface area contributed by atoms with E-state index < -0.39 is 0 Å². The Bertz CT molecular complexity index is 1970. The third-order valence-corrected chi connectivity index (χ3v) is 12.1. The zero-order valence-corrected chi connectivity index (χ0v) is 31.7. The molecule has 0 radical (unpaired) electrons. The van der Waals surface area contributed by atoms with Crippen molar-refractivity contribution >= 4 is 0 Å². The molecule has 0 heterocycles. The van der Waals surface area contributed by atoms with Crippen LogP contribution in [0.25, 0.3) is 11.1 Å². The first-order valence-corrected chi connectivity index (χ1v) is 18.2. The van der Waals surface area contributed by atoms with Gasteiger partial charge in [0.05, 0.1) is 0 Å². The van der Waals surface area contributed by atoms with Crippen LogP contribution in [0.2, 0.25) is 0 Å². The van der Waals surface area contributed by atoms with Crippen LogP contribution in [0.4, 0.5) is 0 Å². The normalized spacial score (nSPS) is 23.5. The van der Waals surface area contributed by atoms with Crippen LogP contribution in [0.5, 0.6) is 0 Å². The largest absolute Gasteiger partial charge is 0.0723 e. The van der Waals surface area contributed by atoms with E-state index in [0.29, 0.717) is 0 Å². The van der Waals surface area contributed by atoms with E-state index in [0.717, 1.165) is 12.8 Å². The van der Waals surface area contributed by atoms with Crippen LogP contribution in [-0.2, 0) is 28.1 Å². The molecule has 0 bridgehead atoms. The Morgan fingerprint density at radius 2 is 1.17 bits per heavy atom. The molecule has 0 amide bonds. The number of fused-ring (bicyclic) bond motifs is 4. The second-order valence-corrected chi connectivity index (χ2v) is 18.8. The highest BCUT2D eigenvalue weighted by atomic mass is 14.6. The highest BCUT2D eigenvalue weighted by molar-refractivity contribution is 5.81. The summed E-state index contributed by atoms with van der Waals surface area (Å²) in [6.07, 6.45) is 7.33. The third kappa shape index (κ3) is 5.09. The lowest BCUT2D eigenvalue weighted by Crippen LogP contribution is -2.34. The van der Waals surface area contributed by atoms with Gasteiger partial charge in [0.25, 0.3) is 0 Å². The van der Waals surface area contributed by atoms with Gasteiger partial charge in [0.1, 0.15) is 0 Å². The number of rotatable bonds is 3. The SMILES string of the molecule is Cc1ccc(C2(C)CC(c3ccc(C)cc3)(c3cc(C(C)(C)C)cc4c3Cc3ccc(C(C)(C)C)cc3-4)C3C=C(C(C)(C)C)C=C32)cc1. The van der Waals surface area contributed by atoms with Crippen molar-refractivity contribution in [2.45, 2.75) is 118 Å². The fourth-order valence-corrected chi connectivity index (χ4v) is 9.03. The van der Waals surface area contributed by atoms with Crippen molar-refractivity contribution < 1.29 is 0 Å². The second-order valence-electron chi connectivity index (χ2n) is 18.8. The van der Waals surface area contributed by atoms with Gasteiger partial charge in [-0.15, -0.1) is 0 Å². The predicted molar refractivity (Wildman–Crippen MR) is 206 cm³/mol. The number of allylic oxidation sites excluding steroid dienone is 4. The van der Waals surface area contributed by atoms with Gasteiger partial charge in [-0.3, -0.25) is 0 Å². The molecule has 1 fully saturated rings. The zero-order chi connectivity index (χ0) is 34.6. The standard InChI is InChI=1S/C48H56/c1-30-13-18-33(19-14-30)47(12)29-48(34-20-15-31(2)16-21-34,43-28-37(27-42(43)47)46(9,10)11)41-26-36(45(6,7)8)25-39-38-24-35(44(3,4)5)22-17-32(38)23-40(39)41/h13-22,24-28,43H,23,29H2,1-12H3. The fraction of sp³-hybridized carbons (Fsp3) is 0.417.